The van der Waals surface area contributed by atoms with Crippen LogP contribution in [0.15, 0.2) is 60.8 Å². The Balaban J connectivity index is 1.76. The van der Waals surface area contributed by atoms with Crippen molar-refractivity contribution in [1.82, 2.24) is 20.0 Å². The molecule has 1 saturated heterocycles. The minimum absolute atomic E-state index is 0.0147. The van der Waals surface area contributed by atoms with Crippen molar-refractivity contribution in [3.8, 4) is 16.9 Å². The summed E-state index contributed by atoms with van der Waals surface area (Å²) in [4.78, 5) is 15.1. The number of carbonyl (C=O) groups excluding carboxylic acids is 1. The number of hydrogen-bond acceptors (Lipinski definition) is 3. The van der Waals surface area contributed by atoms with Crippen LogP contribution in [0.25, 0.3) is 16.9 Å². The van der Waals surface area contributed by atoms with Crippen LogP contribution in [0.3, 0.4) is 0 Å². The molecule has 0 spiro atoms. The van der Waals surface area contributed by atoms with Gasteiger partial charge in [-0.05, 0) is 32.0 Å². The highest BCUT2D eigenvalue weighted by Crippen LogP contribution is 2.25. The molecule has 138 valence electrons. The molecule has 4 rings (SSSR count). The smallest absolute Gasteiger partial charge is 0.257 e. The number of rotatable bonds is 4. The van der Waals surface area contributed by atoms with Gasteiger partial charge in [-0.1, -0.05) is 48.0 Å². The first-order valence-corrected chi connectivity index (χ1v) is 9.33. The van der Waals surface area contributed by atoms with Gasteiger partial charge in [0, 0.05) is 31.4 Å². The van der Waals surface area contributed by atoms with E-state index in [1.807, 2.05) is 60.6 Å². The number of nitrogens with one attached hydrogen (secondary N) is 1. The van der Waals surface area contributed by atoms with E-state index in [9.17, 15) is 4.79 Å². The van der Waals surface area contributed by atoms with Gasteiger partial charge in [-0.2, -0.15) is 5.10 Å². The lowest BCUT2D eigenvalue weighted by Gasteiger charge is -2.23. The van der Waals surface area contributed by atoms with E-state index in [1.165, 1.54) is 5.56 Å². The molecule has 3 aromatic rings. The van der Waals surface area contributed by atoms with Gasteiger partial charge in [0.05, 0.1) is 11.3 Å². The molecule has 1 amide bonds. The van der Waals surface area contributed by atoms with Crippen molar-refractivity contribution < 1.29 is 4.79 Å². The summed E-state index contributed by atoms with van der Waals surface area (Å²) in [5, 5.41) is 8.09. The predicted molar refractivity (Wildman–Crippen MR) is 107 cm³/mol. The lowest BCUT2D eigenvalue weighted by Crippen LogP contribution is -2.38. The third kappa shape index (κ3) is 3.51. The molecule has 1 unspecified atom stereocenters. The molecule has 1 aliphatic rings. The van der Waals surface area contributed by atoms with Gasteiger partial charge < -0.3 is 10.2 Å². The predicted octanol–water partition coefficient (Wildman–Crippen LogP) is 3.28. The van der Waals surface area contributed by atoms with E-state index in [2.05, 4.69) is 24.4 Å². The van der Waals surface area contributed by atoms with Gasteiger partial charge in [0.2, 0.25) is 0 Å². The van der Waals surface area contributed by atoms with E-state index >= 15 is 0 Å². The molecule has 1 N–H and O–H groups in total. The van der Waals surface area contributed by atoms with Gasteiger partial charge in [0.15, 0.2) is 0 Å². The maximum absolute atomic E-state index is 13.3. The topological polar surface area (TPSA) is 50.2 Å². The molecule has 2 aromatic carbocycles. The molecule has 27 heavy (non-hydrogen) atoms. The summed E-state index contributed by atoms with van der Waals surface area (Å²) in [7, 11) is 1.89. The minimum atomic E-state index is 0.0147. The Hall–Kier alpha value is -2.92. The van der Waals surface area contributed by atoms with Crippen molar-refractivity contribution in [1.29, 1.82) is 0 Å². The van der Waals surface area contributed by atoms with Gasteiger partial charge in [-0.25, -0.2) is 4.68 Å². The minimum Gasteiger partial charge on any atom is -0.337 e. The fourth-order valence-corrected chi connectivity index (χ4v) is 3.50. The van der Waals surface area contributed by atoms with Gasteiger partial charge in [-0.3, -0.25) is 4.79 Å². The third-order valence-corrected chi connectivity index (χ3v) is 5.19. The maximum atomic E-state index is 13.3. The van der Waals surface area contributed by atoms with E-state index in [0.717, 1.165) is 36.5 Å². The summed E-state index contributed by atoms with van der Waals surface area (Å²) in [6, 6.07) is 18.3. The Labute approximate surface area is 159 Å². The van der Waals surface area contributed by atoms with E-state index in [1.54, 1.807) is 4.68 Å². The molecule has 1 aliphatic heterocycles. The van der Waals surface area contributed by atoms with E-state index < -0.39 is 0 Å². The summed E-state index contributed by atoms with van der Waals surface area (Å²) in [5.41, 5.74) is 4.45. The standard InChI is InChI=1S/C22H24N4O/c1-16-8-10-18(11-9-16)26-15-20(21(24-26)17-6-4-3-5-7-17)22(27)25(2)19-12-13-23-14-19/h3-11,15,19,23H,12-14H2,1-2H3. The van der Waals surface area contributed by atoms with Crippen LogP contribution in [0.2, 0.25) is 0 Å². The zero-order valence-electron chi connectivity index (χ0n) is 15.7. The van der Waals surface area contributed by atoms with Crippen LogP contribution >= 0.6 is 0 Å². The van der Waals surface area contributed by atoms with Crippen LogP contribution in [0.1, 0.15) is 22.3 Å². The van der Waals surface area contributed by atoms with Gasteiger partial charge >= 0.3 is 0 Å². The number of likely N-dealkylation sites (N-methyl/N-ethyl adjacent to an activating group) is 1. The quantitative estimate of drug-likeness (QED) is 0.777. The largest absolute Gasteiger partial charge is 0.337 e. The highest BCUT2D eigenvalue weighted by Gasteiger charge is 2.27. The first-order chi connectivity index (χ1) is 13.1. The van der Waals surface area contributed by atoms with Crippen molar-refractivity contribution in [2.75, 3.05) is 20.1 Å². The number of carbonyl (C=O) groups is 1. The van der Waals surface area contributed by atoms with Gasteiger partial charge in [0.1, 0.15) is 5.69 Å². The lowest BCUT2D eigenvalue weighted by atomic mass is 10.1. The lowest BCUT2D eigenvalue weighted by molar-refractivity contribution is 0.0744. The molecule has 1 aromatic heterocycles. The molecule has 5 heteroatoms. The Morgan fingerprint density at radius 3 is 2.56 bits per heavy atom. The summed E-state index contributed by atoms with van der Waals surface area (Å²) < 4.78 is 1.80. The average molecular weight is 360 g/mol. The summed E-state index contributed by atoms with van der Waals surface area (Å²) in [5.74, 6) is 0.0147. The number of hydrogen-bond donors (Lipinski definition) is 1. The van der Waals surface area contributed by atoms with Crippen LogP contribution < -0.4 is 5.32 Å². The first kappa shape index (κ1) is 17.5. The van der Waals surface area contributed by atoms with Gasteiger partial charge in [-0.15, -0.1) is 0 Å². The molecule has 1 fully saturated rings. The Bertz CT molecular complexity index is 925. The average Bonchev–Trinajstić information content (AvgIpc) is 3.38. The number of aryl methyl sites for hydroxylation is 1. The molecule has 0 radical (unpaired) electrons. The highest BCUT2D eigenvalue weighted by atomic mass is 16.2. The second-order valence-corrected chi connectivity index (χ2v) is 7.10. The van der Waals surface area contributed by atoms with Crippen LogP contribution in [0.5, 0.6) is 0 Å². The van der Waals surface area contributed by atoms with Crippen LogP contribution in [-0.4, -0.2) is 46.8 Å². The van der Waals surface area contributed by atoms with Gasteiger partial charge in [0.25, 0.3) is 5.91 Å². The van der Waals surface area contributed by atoms with Crippen molar-refractivity contribution in [3.63, 3.8) is 0 Å². The van der Waals surface area contributed by atoms with Crippen molar-refractivity contribution >= 4 is 5.91 Å². The fraction of sp³-hybridized carbons (Fsp3) is 0.273. The summed E-state index contributed by atoms with van der Waals surface area (Å²) in [6.07, 6.45) is 2.84. The Morgan fingerprint density at radius 1 is 1.15 bits per heavy atom. The molecule has 5 nitrogen and oxygen atoms in total. The third-order valence-electron chi connectivity index (χ3n) is 5.19. The van der Waals surface area contributed by atoms with Crippen molar-refractivity contribution in [2.24, 2.45) is 0 Å². The van der Waals surface area contributed by atoms with Crippen LogP contribution in [0.4, 0.5) is 0 Å². The first-order valence-electron chi connectivity index (χ1n) is 9.33. The summed E-state index contributed by atoms with van der Waals surface area (Å²) in [6.45, 7) is 3.85. The van der Waals surface area contributed by atoms with Crippen molar-refractivity contribution in [3.05, 3.63) is 71.9 Å². The molecule has 2 heterocycles. The number of aromatic nitrogens is 2. The van der Waals surface area contributed by atoms with E-state index in [0.29, 0.717) is 5.56 Å². The van der Waals surface area contributed by atoms with E-state index in [-0.39, 0.29) is 11.9 Å². The second-order valence-electron chi connectivity index (χ2n) is 7.10. The number of amides is 1. The van der Waals surface area contributed by atoms with Crippen LogP contribution in [-0.2, 0) is 0 Å². The highest BCUT2D eigenvalue weighted by molar-refractivity contribution is 6.00. The maximum Gasteiger partial charge on any atom is 0.257 e. The Morgan fingerprint density at radius 2 is 1.89 bits per heavy atom. The van der Waals surface area contributed by atoms with Crippen LogP contribution in [0, 0.1) is 6.92 Å². The molecule has 0 saturated carbocycles. The second kappa shape index (κ2) is 7.37. The normalized spacial score (nSPS) is 16.4. The molecule has 1 atom stereocenters. The zero-order valence-corrected chi connectivity index (χ0v) is 15.7. The molecular weight excluding hydrogens is 336 g/mol. The SMILES string of the molecule is Cc1ccc(-n2cc(C(=O)N(C)C3CCNC3)c(-c3ccccc3)n2)cc1. The van der Waals surface area contributed by atoms with Crippen molar-refractivity contribution in [2.45, 2.75) is 19.4 Å². The molecular formula is C22H24N4O. The molecule has 0 aliphatic carbocycles. The fourth-order valence-electron chi connectivity index (χ4n) is 3.50. The van der Waals surface area contributed by atoms with E-state index in [4.69, 9.17) is 5.10 Å². The Kier molecular flexibility index (Phi) is 4.77. The summed E-state index contributed by atoms with van der Waals surface area (Å²) >= 11 is 0. The molecule has 0 bridgehead atoms. The monoisotopic (exact) mass is 360 g/mol. The number of nitrogens with zero attached hydrogens (tertiary/aromatic N) is 3. The number of benzene rings is 2. The zero-order chi connectivity index (χ0) is 18.8.